The van der Waals surface area contributed by atoms with Crippen molar-refractivity contribution in [1.82, 2.24) is 0 Å². The first-order chi connectivity index (χ1) is 20.0. The molecule has 0 aromatic heterocycles. The van der Waals surface area contributed by atoms with Crippen LogP contribution in [0, 0.1) is 23.7 Å². The molecule has 0 rings (SSSR count). The van der Waals surface area contributed by atoms with Gasteiger partial charge in [0.25, 0.3) is 0 Å². The predicted molar refractivity (Wildman–Crippen MR) is 163 cm³/mol. The van der Waals surface area contributed by atoms with Crippen molar-refractivity contribution in [2.75, 3.05) is 79.3 Å². The van der Waals surface area contributed by atoms with Gasteiger partial charge in [0.15, 0.2) is 0 Å². The van der Waals surface area contributed by atoms with Crippen LogP contribution in [-0.2, 0) is 50.4 Å². The van der Waals surface area contributed by atoms with Crippen LogP contribution in [0.15, 0.2) is 50.6 Å². The van der Waals surface area contributed by atoms with E-state index in [0.717, 1.165) is 25.7 Å². The summed E-state index contributed by atoms with van der Waals surface area (Å²) in [6.07, 6.45) is 10.6. The minimum absolute atomic E-state index is 0.171. The second-order valence-electron chi connectivity index (χ2n) is 10.1. The normalized spacial score (nSPS) is 15.9. The standard InChI is InChI=1S/4C8H15O2.Ti/c4*1-3-5-10-7-8(4-2)6-9;/h4*3,8H,1,4-7H2,2H3;/q4*-1;+4. The molecule has 240 valence electrons. The van der Waals surface area contributed by atoms with E-state index in [-0.39, 0.29) is 23.7 Å². The third-order valence-corrected chi connectivity index (χ3v) is 9.90. The molecule has 4 unspecified atom stereocenters. The summed E-state index contributed by atoms with van der Waals surface area (Å²) in [4.78, 5) is 0. The summed E-state index contributed by atoms with van der Waals surface area (Å²) < 4.78 is 49.4. The van der Waals surface area contributed by atoms with E-state index in [1.165, 1.54) is 0 Å². The fourth-order valence-electron chi connectivity index (χ4n) is 3.54. The predicted octanol–water partition coefficient (Wildman–Crippen LogP) is 6.78. The molecule has 0 fully saturated rings. The van der Waals surface area contributed by atoms with Gasteiger partial charge in [-0.3, -0.25) is 0 Å². The van der Waals surface area contributed by atoms with Gasteiger partial charge in [0, 0.05) is 0 Å². The molecule has 0 saturated carbocycles. The Labute approximate surface area is 256 Å². The SMILES string of the molecule is C=CCOCC(CC)C[O][Ti]([O]CC(CC)COCC=C)([O]CC(CC)COCC=C)[O]CC(CC)COCC=C. The molecule has 0 bridgehead atoms. The molecule has 0 heterocycles. The molecule has 0 aromatic rings. The van der Waals surface area contributed by atoms with Crippen LogP contribution < -0.4 is 0 Å². The van der Waals surface area contributed by atoms with Crippen molar-refractivity contribution < 1.29 is 50.4 Å². The summed E-state index contributed by atoms with van der Waals surface area (Å²) in [5.41, 5.74) is 0. The molecule has 0 aliphatic rings. The average molecular weight is 621 g/mol. The van der Waals surface area contributed by atoms with Crippen LogP contribution in [0.4, 0.5) is 0 Å². The van der Waals surface area contributed by atoms with E-state index < -0.39 is 18.1 Å². The molecule has 0 N–H and O–H groups in total. The molecule has 4 atom stereocenters. The first-order valence-electron chi connectivity index (χ1n) is 15.3. The summed E-state index contributed by atoms with van der Waals surface area (Å²) in [7, 11) is 0. The fourth-order valence-corrected chi connectivity index (χ4v) is 7.07. The quantitative estimate of drug-likeness (QED) is 0.0463. The Balaban J connectivity index is 5.92. The van der Waals surface area contributed by atoms with Crippen molar-refractivity contribution >= 4 is 0 Å². The molecule has 9 heteroatoms. The van der Waals surface area contributed by atoms with Crippen molar-refractivity contribution in [3.05, 3.63) is 50.6 Å². The Hall–Kier alpha value is -0.646. The van der Waals surface area contributed by atoms with Crippen LogP contribution in [0.1, 0.15) is 53.4 Å². The number of ether oxygens (including phenoxy) is 4. The van der Waals surface area contributed by atoms with Crippen LogP contribution in [0.2, 0.25) is 0 Å². The van der Waals surface area contributed by atoms with E-state index in [2.05, 4.69) is 54.0 Å². The molecule has 0 aromatic carbocycles. The summed E-state index contributed by atoms with van der Waals surface area (Å²) in [6.45, 7) is 29.4. The third kappa shape index (κ3) is 20.8. The summed E-state index contributed by atoms with van der Waals surface area (Å²) >= 11 is -4.27. The third-order valence-electron chi connectivity index (χ3n) is 6.65. The van der Waals surface area contributed by atoms with Gasteiger partial charge in [0.2, 0.25) is 0 Å². The first kappa shape index (κ1) is 40.4. The molecule has 0 saturated heterocycles. The zero-order valence-corrected chi connectivity index (χ0v) is 28.1. The number of hydrogen-bond acceptors (Lipinski definition) is 8. The van der Waals surface area contributed by atoms with Crippen LogP contribution in [0.5, 0.6) is 0 Å². The van der Waals surface area contributed by atoms with Crippen molar-refractivity contribution in [2.24, 2.45) is 23.7 Å². The van der Waals surface area contributed by atoms with Crippen LogP contribution in [0.25, 0.3) is 0 Å². The monoisotopic (exact) mass is 620 g/mol. The topological polar surface area (TPSA) is 73.8 Å². The van der Waals surface area contributed by atoms with Crippen molar-refractivity contribution in [1.29, 1.82) is 0 Å². The van der Waals surface area contributed by atoms with Gasteiger partial charge in [-0.25, -0.2) is 0 Å². The molecule has 0 spiro atoms. The minimum atomic E-state index is -4.27. The molecular weight excluding hydrogens is 560 g/mol. The van der Waals surface area contributed by atoms with Gasteiger partial charge in [-0.2, -0.15) is 0 Å². The molecule has 8 nitrogen and oxygen atoms in total. The van der Waals surface area contributed by atoms with Gasteiger partial charge in [-0.05, 0) is 0 Å². The van der Waals surface area contributed by atoms with Gasteiger partial charge < -0.3 is 0 Å². The van der Waals surface area contributed by atoms with E-state index in [1.54, 1.807) is 24.3 Å². The second kappa shape index (κ2) is 28.1. The number of rotatable bonds is 32. The maximum atomic E-state index is 6.62. The van der Waals surface area contributed by atoms with Crippen LogP contribution in [0.3, 0.4) is 0 Å². The Bertz CT molecular complexity index is 538. The van der Waals surface area contributed by atoms with Gasteiger partial charge in [0.1, 0.15) is 0 Å². The zero-order valence-electron chi connectivity index (χ0n) is 26.5. The molecule has 0 aliphatic carbocycles. The molecular formula is C32H60O8Ti. The molecule has 0 amide bonds. The summed E-state index contributed by atoms with van der Waals surface area (Å²) in [5.74, 6) is 0.683. The molecule has 41 heavy (non-hydrogen) atoms. The zero-order chi connectivity index (χ0) is 30.6. The van der Waals surface area contributed by atoms with Gasteiger partial charge >= 0.3 is 257 Å². The Kier molecular flexibility index (Phi) is 27.7. The van der Waals surface area contributed by atoms with Crippen molar-refractivity contribution in [3.63, 3.8) is 0 Å². The maximum absolute atomic E-state index is 6.62. The number of hydrogen-bond donors (Lipinski definition) is 0. The van der Waals surface area contributed by atoms with E-state index >= 15 is 0 Å². The van der Waals surface area contributed by atoms with E-state index in [4.69, 9.17) is 32.2 Å². The van der Waals surface area contributed by atoms with Crippen molar-refractivity contribution in [3.8, 4) is 0 Å². The molecule has 0 radical (unpaired) electrons. The average Bonchev–Trinajstić information content (AvgIpc) is 2.99. The van der Waals surface area contributed by atoms with E-state index in [1.807, 2.05) is 0 Å². The van der Waals surface area contributed by atoms with Gasteiger partial charge in [-0.1, -0.05) is 0 Å². The van der Waals surface area contributed by atoms with E-state index in [0.29, 0.717) is 79.3 Å². The Morgan fingerprint density at radius 1 is 0.415 bits per heavy atom. The molecule has 0 aliphatic heterocycles. The first-order valence-corrected chi connectivity index (χ1v) is 17.8. The Morgan fingerprint density at radius 2 is 0.634 bits per heavy atom. The van der Waals surface area contributed by atoms with Crippen molar-refractivity contribution in [2.45, 2.75) is 53.4 Å². The summed E-state index contributed by atoms with van der Waals surface area (Å²) in [5, 5.41) is 0. The fraction of sp³-hybridized carbons (Fsp3) is 0.750. The van der Waals surface area contributed by atoms with Gasteiger partial charge in [0.05, 0.1) is 0 Å². The summed E-state index contributed by atoms with van der Waals surface area (Å²) in [6, 6.07) is 0. The van der Waals surface area contributed by atoms with E-state index in [9.17, 15) is 0 Å². The van der Waals surface area contributed by atoms with Gasteiger partial charge in [-0.15, -0.1) is 0 Å². The van der Waals surface area contributed by atoms with Crippen LogP contribution in [-0.4, -0.2) is 79.3 Å². The van der Waals surface area contributed by atoms with Crippen LogP contribution >= 0.6 is 0 Å². The Morgan fingerprint density at radius 3 is 0.805 bits per heavy atom. The second-order valence-corrected chi connectivity index (χ2v) is 13.5.